The van der Waals surface area contributed by atoms with Crippen LogP contribution in [0.15, 0.2) is 30.3 Å². The Bertz CT molecular complexity index is 544. The molecule has 3 N–H and O–H groups in total. The monoisotopic (exact) mass is 289 g/mol. The maximum Gasteiger partial charge on any atom is 0.251 e. The van der Waals surface area contributed by atoms with Crippen molar-refractivity contribution in [2.75, 3.05) is 6.54 Å². The zero-order valence-corrected chi connectivity index (χ0v) is 11.9. The number of primary amides is 1. The van der Waals surface area contributed by atoms with E-state index in [1.807, 2.05) is 6.07 Å². The Labute approximate surface area is 123 Å². The SMILES string of the molecule is C[C@H](NC(=O)c1ccccc1)C(=O)N1CCC[C@H]1C(N)=O. The van der Waals surface area contributed by atoms with Crippen LogP contribution in [-0.4, -0.2) is 41.2 Å². The van der Waals surface area contributed by atoms with Gasteiger partial charge in [-0.15, -0.1) is 0 Å². The molecule has 21 heavy (non-hydrogen) atoms. The lowest BCUT2D eigenvalue weighted by atomic mass is 10.1. The summed E-state index contributed by atoms with van der Waals surface area (Å²) in [5.74, 6) is -1.09. The standard InChI is InChI=1S/C15H19N3O3/c1-10(17-14(20)11-6-3-2-4-7-11)15(21)18-9-5-8-12(18)13(16)19/h2-4,6-7,10,12H,5,8-9H2,1H3,(H2,16,19)(H,17,20)/t10-,12-/m0/s1. The fourth-order valence-corrected chi connectivity index (χ4v) is 2.51. The Kier molecular flexibility index (Phi) is 4.57. The van der Waals surface area contributed by atoms with E-state index in [1.54, 1.807) is 31.2 Å². The highest BCUT2D eigenvalue weighted by Crippen LogP contribution is 2.18. The fourth-order valence-electron chi connectivity index (χ4n) is 2.51. The third-order valence-corrected chi connectivity index (χ3v) is 3.62. The minimum atomic E-state index is -0.697. The molecule has 6 nitrogen and oxygen atoms in total. The first kappa shape index (κ1) is 15.0. The van der Waals surface area contributed by atoms with Gasteiger partial charge in [-0.1, -0.05) is 18.2 Å². The predicted molar refractivity (Wildman–Crippen MR) is 77.3 cm³/mol. The molecule has 2 rings (SSSR count). The van der Waals surface area contributed by atoms with Gasteiger partial charge in [-0.25, -0.2) is 0 Å². The lowest BCUT2D eigenvalue weighted by Crippen LogP contribution is -2.51. The number of carbonyl (C=O) groups is 3. The van der Waals surface area contributed by atoms with Gasteiger partial charge in [0.15, 0.2) is 0 Å². The van der Waals surface area contributed by atoms with E-state index in [0.29, 0.717) is 18.5 Å². The van der Waals surface area contributed by atoms with E-state index >= 15 is 0 Å². The minimum Gasteiger partial charge on any atom is -0.368 e. The second kappa shape index (κ2) is 6.39. The van der Waals surface area contributed by atoms with E-state index in [2.05, 4.69) is 5.32 Å². The summed E-state index contributed by atoms with van der Waals surface area (Å²) in [7, 11) is 0. The number of hydrogen-bond donors (Lipinski definition) is 2. The maximum atomic E-state index is 12.3. The highest BCUT2D eigenvalue weighted by molar-refractivity contribution is 5.98. The van der Waals surface area contributed by atoms with E-state index in [1.165, 1.54) is 4.90 Å². The first-order chi connectivity index (χ1) is 10.0. The van der Waals surface area contributed by atoms with Crippen LogP contribution >= 0.6 is 0 Å². The van der Waals surface area contributed by atoms with Gasteiger partial charge in [-0.05, 0) is 31.9 Å². The highest BCUT2D eigenvalue weighted by atomic mass is 16.2. The molecule has 1 aromatic carbocycles. The topological polar surface area (TPSA) is 92.5 Å². The predicted octanol–water partition coefficient (Wildman–Crippen LogP) is 0.281. The number of benzene rings is 1. The summed E-state index contributed by atoms with van der Waals surface area (Å²) < 4.78 is 0. The van der Waals surface area contributed by atoms with E-state index < -0.39 is 18.0 Å². The van der Waals surface area contributed by atoms with Crippen LogP contribution in [-0.2, 0) is 9.59 Å². The largest absolute Gasteiger partial charge is 0.368 e. The molecule has 1 aliphatic heterocycles. The van der Waals surface area contributed by atoms with Gasteiger partial charge in [0.05, 0.1) is 0 Å². The lowest BCUT2D eigenvalue weighted by molar-refractivity contribution is -0.138. The fraction of sp³-hybridized carbons (Fsp3) is 0.400. The number of nitrogens with zero attached hydrogens (tertiary/aromatic N) is 1. The molecule has 0 spiro atoms. The molecule has 1 aromatic rings. The van der Waals surface area contributed by atoms with Crippen molar-refractivity contribution < 1.29 is 14.4 Å². The summed E-state index contributed by atoms with van der Waals surface area (Å²) in [4.78, 5) is 37.1. The quantitative estimate of drug-likeness (QED) is 0.834. The van der Waals surface area contributed by atoms with Gasteiger partial charge in [0.2, 0.25) is 11.8 Å². The minimum absolute atomic E-state index is 0.277. The molecule has 0 aliphatic carbocycles. The second-order valence-corrected chi connectivity index (χ2v) is 5.15. The van der Waals surface area contributed by atoms with Crippen molar-refractivity contribution in [2.45, 2.75) is 31.8 Å². The molecule has 0 unspecified atom stereocenters. The molecule has 6 heteroatoms. The number of nitrogens with one attached hydrogen (secondary N) is 1. The van der Waals surface area contributed by atoms with Crippen LogP contribution in [0.3, 0.4) is 0 Å². The third kappa shape index (κ3) is 3.39. The van der Waals surface area contributed by atoms with E-state index in [9.17, 15) is 14.4 Å². The Balaban J connectivity index is 2.00. The number of rotatable bonds is 4. The molecule has 1 aliphatic rings. The summed E-state index contributed by atoms with van der Waals surface area (Å²) >= 11 is 0. The molecule has 0 bridgehead atoms. The van der Waals surface area contributed by atoms with Gasteiger partial charge in [-0.3, -0.25) is 14.4 Å². The third-order valence-electron chi connectivity index (χ3n) is 3.62. The van der Waals surface area contributed by atoms with Crippen LogP contribution in [0, 0.1) is 0 Å². The molecule has 1 saturated heterocycles. The Morgan fingerprint density at radius 3 is 2.57 bits per heavy atom. The van der Waals surface area contributed by atoms with Crippen molar-refractivity contribution in [1.82, 2.24) is 10.2 Å². The van der Waals surface area contributed by atoms with Gasteiger partial charge in [0.1, 0.15) is 12.1 Å². The van der Waals surface area contributed by atoms with Crippen LogP contribution < -0.4 is 11.1 Å². The Morgan fingerprint density at radius 2 is 1.95 bits per heavy atom. The van der Waals surface area contributed by atoms with Crippen molar-refractivity contribution >= 4 is 17.7 Å². The van der Waals surface area contributed by atoms with E-state index in [-0.39, 0.29) is 11.8 Å². The molecule has 0 saturated carbocycles. The average Bonchev–Trinajstić information content (AvgIpc) is 2.96. The van der Waals surface area contributed by atoms with Crippen molar-refractivity contribution in [3.8, 4) is 0 Å². The van der Waals surface area contributed by atoms with E-state index in [0.717, 1.165) is 6.42 Å². The first-order valence-electron chi connectivity index (χ1n) is 6.96. The normalized spacial score (nSPS) is 19.1. The van der Waals surface area contributed by atoms with Crippen molar-refractivity contribution in [2.24, 2.45) is 5.73 Å². The summed E-state index contributed by atoms with van der Waals surface area (Å²) in [6, 6.07) is 7.41. The first-order valence-corrected chi connectivity index (χ1v) is 6.96. The molecule has 1 heterocycles. The molecular weight excluding hydrogens is 270 g/mol. The van der Waals surface area contributed by atoms with Crippen LogP contribution in [0.5, 0.6) is 0 Å². The molecule has 1 fully saturated rings. The van der Waals surface area contributed by atoms with Crippen molar-refractivity contribution in [1.29, 1.82) is 0 Å². The lowest BCUT2D eigenvalue weighted by Gasteiger charge is -2.25. The summed E-state index contributed by atoms with van der Waals surface area (Å²) in [6.07, 6.45) is 1.33. The van der Waals surface area contributed by atoms with Gasteiger partial charge in [0.25, 0.3) is 5.91 Å². The number of likely N-dealkylation sites (tertiary alicyclic amines) is 1. The van der Waals surface area contributed by atoms with Gasteiger partial charge < -0.3 is 16.0 Å². The number of hydrogen-bond acceptors (Lipinski definition) is 3. The zero-order chi connectivity index (χ0) is 15.4. The molecule has 2 atom stereocenters. The Morgan fingerprint density at radius 1 is 1.29 bits per heavy atom. The smallest absolute Gasteiger partial charge is 0.251 e. The zero-order valence-electron chi connectivity index (χ0n) is 11.9. The number of amides is 3. The number of nitrogens with two attached hydrogens (primary N) is 1. The van der Waals surface area contributed by atoms with E-state index in [4.69, 9.17) is 5.73 Å². The maximum absolute atomic E-state index is 12.3. The van der Waals surface area contributed by atoms with Gasteiger partial charge in [-0.2, -0.15) is 0 Å². The van der Waals surface area contributed by atoms with Crippen LogP contribution in [0.25, 0.3) is 0 Å². The van der Waals surface area contributed by atoms with Gasteiger partial charge >= 0.3 is 0 Å². The Hall–Kier alpha value is -2.37. The van der Waals surface area contributed by atoms with Crippen LogP contribution in [0.4, 0.5) is 0 Å². The highest BCUT2D eigenvalue weighted by Gasteiger charge is 2.35. The van der Waals surface area contributed by atoms with Gasteiger partial charge in [0, 0.05) is 12.1 Å². The molecular formula is C15H19N3O3. The van der Waals surface area contributed by atoms with Crippen LogP contribution in [0.2, 0.25) is 0 Å². The molecule has 0 radical (unpaired) electrons. The molecule has 112 valence electrons. The van der Waals surface area contributed by atoms with Crippen molar-refractivity contribution in [3.05, 3.63) is 35.9 Å². The molecule has 3 amide bonds. The summed E-state index contributed by atoms with van der Waals surface area (Å²) in [6.45, 7) is 2.11. The summed E-state index contributed by atoms with van der Waals surface area (Å²) in [5.41, 5.74) is 5.79. The summed E-state index contributed by atoms with van der Waals surface area (Å²) in [5, 5.41) is 2.65. The van der Waals surface area contributed by atoms with Crippen molar-refractivity contribution in [3.63, 3.8) is 0 Å². The van der Waals surface area contributed by atoms with Crippen LogP contribution in [0.1, 0.15) is 30.1 Å². The number of carbonyl (C=O) groups excluding carboxylic acids is 3. The molecule has 0 aromatic heterocycles. The average molecular weight is 289 g/mol. The second-order valence-electron chi connectivity index (χ2n) is 5.15.